The molecule has 39 heavy (non-hydrogen) atoms. The molecule has 2 N–H and O–H groups in total. The van der Waals surface area contributed by atoms with E-state index in [-0.39, 0.29) is 42.9 Å². The third-order valence-electron chi connectivity index (χ3n) is 6.01. The van der Waals surface area contributed by atoms with E-state index in [1.165, 1.54) is 4.90 Å². The van der Waals surface area contributed by atoms with Gasteiger partial charge in [-0.3, -0.25) is 19.4 Å². The van der Waals surface area contributed by atoms with Gasteiger partial charge in [-0.15, -0.1) is 0 Å². The van der Waals surface area contributed by atoms with Crippen LogP contribution in [0, 0.1) is 0 Å². The first-order valence-corrected chi connectivity index (χ1v) is 13.5. The Morgan fingerprint density at radius 3 is 2.67 bits per heavy atom. The summed E-state index contributed by atoms with van der Waals surface area (Å²) in [5, 5.41) is 6.02. The molecule has 3 aromatic rings. The van der Waals surface area contributed by atoms with Crippen molar-refractivity contribution in [1.29, 1.82) is 0 Å². The highest BCUT2D eigenvalue weighted by Gasteiger charge is 2.41. The molecule has 3 heterocycles. The average molecular weight is 546 g/mol. The molecule has 0 saturated carbocycles. The molecule has 0 radical (unpaired) electrons. The van der Waals surface area contributed by atoms with Gasteiger partial charge in [-0.25, -0.2) is 9.89 Å². The number of amidine groups is 2. The molecule has 200 valence electrons. The van der Waals surface area contributed by atoms with Crippen LogP contribution in [0.15, 0.2) is 81.3 Å². The summed E-state index contributed by atoms with van der Waals surface area (Å²) in [5.74, 6) is 1.21. The molecule has 3 amide bonds. The topological polar surface area (TPSA) is 126 Å². The second-order valence-corrected chi connectivity index (χ2v) is 9.69. The predicted molar refractivity (Wildman–Crippen MR) is 149 cm³/mol. The first-order valence-electron chi connectivity index (χ1n) is 12.6. The summed E-state index contributed by atoms with van der Waals surface area (Å²) in [6.45, 7) is 2.75. The first-order chi connectivity index (χ1) is 19.0. The zero-order valence-electron chi connectivity index (χ0n) is 21.3. The zero-order chi connectivity index (χ0) is 27.2. The fourth-order valence-electron chi connectivity index (χ4n) is 4.17. The standard InChI is InChI=1S/C28H27N5O5S/c1-2-37-19-11-9-18(10-12-19)30-25(35)17-39-28-32-22-8-4-3-7-21(22)26-31-23(27(36)33(26)28)13-14-24(34)29-16-20-6-5-15-38-20/h3-12,15,23H,2,13-14,16-17H2,1H3,(H,29,34)(H,30,35)/t23-/m1/s1. The van der Waals surface area contributed by atoms with Gasteiger partial charge in [0.05, 0.1) is 30.9 Å². The Balaban J connectivity index is 1.23. The average Bonchev–Trinajstić information content (AvgIpc) is 3.59. The van der Waals surface area contributed by atoms with Gasteiger partial charge in [0.15, 0.2) is 5.17 Å². The first kappa shape index (κ1) is 26.2. The Labute approximate surface area is 229 Å². The molecular weight excluding hydrogens is 518 g/mol. The minimum Gasteiger partial charge on any atom is -0.494 e. The number of carbonyl (C=O) groups excluding carboxylic acids is 3. The Bertz CT molecular complexity index is 1420. The maximum atomic E-state index is 13.4. The molecule has 0 spiro atoms. The molecule has 10 nitrogen and oxygen atoms in total. The summed E-state index contributed by atoms with van der Waals surface area (Å²) in [6.07, 6.45) is 1.93. The van der Waals surface area contributed by atoms with Crippen molar-refractivity contribution in [2.75, 3.05) is 17.7 Å². The van der Waals surface area contributed by atoms with Crippen LogP contribution in [0.4, 0.5) is 11.4 Å². The molecule has 2 aromatic carbocycles. The van der Waals surface area contributed by atoms with Gasteiger partial charge in [-0.1, -0.05) is 23.9 Å². The van der Waals surface area contributed by atoms with Gasteiger partial charge >= 0.3 is 0 Å². The van der Waals surface area contributed by atoms with Gasteiger partial charge in [0, 0.05) is 17.7 Å². The normalized spacial score (nSPS) is 15.7. The Hall–Kier alpha value is -4.38. The summed E-state index contributed by atoms with van der Waals surface area (Å²) in [6, 6.07) is 17.3. The molecule has 0 fully saturated rings. The summed E-state index contributed by atoms with van der Waals surface area (Å²) in [4.78, 5) is 49.2. The van der Waals surface area contributed by atoms with Gasteiger partial charge in [-0.2, -0.15) is 0 Å². The molecule has 0 unspecified atom stereocenters. The van der Waals surface area contributed by atoms with Crippen LogP contribution in [-0.4, -0.2) is 52.0 Å². The quantitative estimate of drug-likeness (QED) is 0.395. The minimum atomic E-state index is -0.719. The van der Waals surface area contributed by atoms with Crippen molar-refractivity contribution in [3.63, 3.8) is 0 Å². The van der Waals surface area contributed by atoms with Crippen molar-refractivity contribution in [1.82, 2.24) is 10.2 Å². The smallest absolute Gasteiger partial charge is 0.259 e. The van der Waals surface area contributed by atoms with Crippen LogP contribution in [-0.2, 0) is 20.9 Å². The number of amides is 3. The Morgan fingerprint density at radius 2 is 1.90 bits per heavy atom. The summed E-state index contributed by atoms with van der Waals surface area (Å²) < 4.78 is 10.7. The number of rotatable bonds is 10. The van der Waals surface area contributed by atoms with Gasteiger partial charge in [0.25, 0.3) is 5.91 Å². The highest BCUT2D eigenvalue weighted by atomic mass is 32.2. The van der Waals surface area contributed by atoms with E-state index in [0.29, 0.717) is 34.7 Å². The van der Waals surface area contributed by atoms with Crippen molar-refractivity contribution >= 4 is 51.9 Å². The fourth-order valence-corrected chi connectivity index (χ4v) is 4.97. The van der Waals surface area contributed by atoms with Crippen LogP contribution in [0.2, 0.25) is 0 Å². The number of nitrogens with one attached hydrogen (secondary N) is 2. The second kappa shape index (κ2) is 12.0. The van der Waals surface area contributed by atoms with Gasteiger partial charge in [-0.05, 0) is 61.9 Å². The Kier molecular flexibility index (Phi) is 8.07. The van der Waals surface area contributed by atoms with Gasteiger partial charge < -0.3 is 19.8 Å². The van der Waals surface area contributed by atoms with E-state index in [9.17, 15) is 14.4 Å². The number of hydrogen-bond acceptors (Lipinski definition) is 8. The lowest BCUT2D eigenvalue weighted by Gasteiger charge is -2.25. The number of benzene rings is 2. The number of furan rings is 1. The number of anilines is 1. The molecule has 2 aliphatic rings. The van der Waals surface area contributed by atoms with E-state index < -0.39 is 6.04 Å². The van der Waals surface area contributed by atoms with Gasteiger partial charge in [0.2, 0.25) is 11.8 Å². The van der Waals surface area contributed by atoms with Crippen LogP contribution >= 0.6 is 11.8 Å². The van der Waals surface area contributed by atoms with E-state index in [1.807, 2.05) is 31.2 Å². The van der Waals surface area contributed by atoms with Crippen molar-refractivity contribution < 1.29 is 23.5 Å². The largest absolute Gasteiger partial charge is 0.494 e. The number of ether oxygens (including phenoxy) is 1. The number of hydrogen-bond donors (Lipinski definition) is 2. The highest BCUT2D eigenvalue weighted by Crippen LogP contribution is 2.34. The number of carbonyl (C=O) groups is 3. The van der Waals surface area contributed by atoms with Crippen molar-refractivity contribution in [3.8, 4) is 5.75 Å². The molecule has 1 aromatic heterocycles. The van der Waals surface area contributed by atoms with Crippen LogP contribution in [0.1, 0.15) is 31.1 Å². The number of fused-ring (bicyclic) bond motifs is 3. The number of nitrogens with zero attached hydrogens (tertiary/aromatic N) is 3. The van der Waals surface area contributed by atoms with Crippen LogP contribution in [0.3, 0.4) is 0 Å². The number of para-hydroxylation sites is 1. The minimum absolute atomic E-state index is 0.0467. The number of thioether (sulfide) groups is 1. The van der Waals surface area contributed by atoms with Gasteiger partial charge in [0.1, 0.15) is 23.4 Å². The molecule has 0 aliphatic carbocycles. The lowest BCUT2D eigenvalue weighted by molar-refractivity contribution is -0.125. The third-order valence-corrected chi connectivity index (χ3v) is 6.95. The lowest BCUT2D eigenvalue weighted by atomic mass is 10.1. The van der Waals surface area contributed by atoms with E-state index >= 15 is 0 Å². The molecule has 0 saturated heterocycles. The molecule has 1 atom stereocenters. The highest BCUT2D eigenvalue weighted by molar-refractivity contribution is 8.14. The lowest BCUT2D eigenvalue weighted by Crippen LogP contribution is -2.41. The molecule has 5 rings (SSSR count). The van der Waals surface area contributed by atoms with Crippen LogP contribution < -0.4 is 15.4 Å². The van der Waals surface area contributed by atoms with E-state index in [2.05, 4.69) is 20.6 Å². The van der Waals surface area contributed by atoms with E-state index in [4.69, 9.17) is 9.15 Å². The van der Waals surface area contributed by atoms with E-state index in [0.717, 1.165) is 23.1 Å². The third kappa shape index (κ3) is 6.20. The van der Waals surface area contributed by atoms with Crippen molar-refractivity contribution in [2.24, 2.45) is 9.98 Å². The van der Waals surface area contributed by atoms with Crippen molar-refractivity contribution in [2.45, 2.75) is 32.4 Å². The van der Waals surface area contributed by atoms with Crippen molar-refractivity contribution in [3.05, 3.63) is 78.3 Å². The summed E-state index contributed by atoms with van der Waals surface area (Å²) in [7, 11) is 0. The molecule has 11 heteroatoms. The summed E-state index contributed by atoms with van der Waals surface area (Å²) in [5.41, 5.74) is 2.05. The second-order valence-electron chi connectivity index (χ2n) is 8.74. The zero-order valence-corrected chi connectivity index (χ0v) is 22.1. The molecule has 2 aliphatic heterocycles. The van der Waals surface area contributed by atoms with Crippen LogP contribution in [0.5, 0.6) is 5.75 Å². The Morgan fingerprint density at radius 1 is 1.08 bits per heavy atom. The maximum Gasteiger partial charge on any atom is 0.259 e. The SMILES string of the molecule is CCOc1ccc(NC(=O)CSC2=Nc3ccccc3C3=N[C@H](CCC(=O)NCc4ccco4)C(=O)N23)cc1. The maximum absolute atomic E-state index is 13.4. The molecular formula is C28H27N5O5S. The monoisotopic (exact) mass is 545 g/mol. The van der Waals surface area contributed by atoms with Crippen LogP contribution in [0.25, 0.3) is 0 Å². The fraction of sp³-hybridized carbons (Fsp3) is 0.250. The summed E-state index contributed by atoms with van der Waals surface area (Å²) >= 11 is 1.16. The van der Waals surface area contributed by atoms with E-state index in [1.54, 1.807) is 42.7 Å². The molecule has 0 bridgehead atoms. The number of aliphatic imine (C=N–C) groups is 2. The predicted octanol–water partition coefficient (Wildman–Crippen LogP) is 4.11.